The number of benzene rings is 1. The van der Waals surface area contributed by atoms with E-state index in [1.807, 2.05) is 19.1 Å². The lowest BCUT2D eigenvalue weighted by molar-refractivity contribution is 0.240. The molecule has 0 saturated heterocycles. The summed E-state index contributed by atoms with van der Waals surface area (Å²) in [6, 6.07) is 6.10. The molecular formula is C10H11N3O. The molecule has 1 atom stereocenters. The summed E-state index contributed by atoms with van der Waals surface area (Å²) in [5.74, 6) is 0.964. The average molecular weight is 189 g/mol. The van der Waals surface area contributed by atoms with Crippen molar-refractivity contribution in [3.63, 3.8) is 0 Å². The maximum atomic E-state index is 8.20. The third-order valence-electron chi connectivity index (χ3n) is 2.37. The Hall–Kier alpha value is -1.67. The van der Waals surface area contributed by atoms with Crippen LogP contribution in [-0.2, 0) is 6.42 Å². The van der Waals surface area contributed by atoms with E-state index in [4.69, 9.17) is 10.3 Å². The highest BCUT2D eigenvalue weighted by molar-refractivity contribution is 5.43. The Morgan fingerprint density at radius 2 is 2.50 bits per heavy atom. The third-order valence-corrected chi connectivity index (χ3v) is 2.37. The molecule has 14 heavy (non-hydrogen) atoms. The van der Waals surface area contributed by atoms with Crippen molar-refractivity contribution in [3.05, 3.63) is 39.8 Å². The highest BCUT2D eigenvalue weighted by atomic mass is 16.5. The fraction of sp³-hybridized carbons (Fsp3) is 0.400. The monoisotopic (exact) mass is 189 g/mol. The van der Waals surface area contributed by atoms with E-state index >= 15 is 0 Å². The number of ether oxygens (including phenoxy) is 1. The van der Waals surface area contributed by atoms with Gasteiger partial charge >= 0.3 is 0 Å². The molecule has 1 heterocycles. The van der Waals surface area contributed by atoms with Gasteiger partial charge in [0, 0.05) is 11.3 Å². The van der Waals surface area contributed by atoms with Gasteiger partial charge < -0.3 is 4.74 Å². The molecule has 1 aliphatic heterocycles. The molecule has 0 N–H and O–H groups in total. The summed E-state index contributed by atoms with van der Waals surface area (Å²) in [7, 11) is 0. The van der Waals surface area contributed by atoms with Crippen molar-refractivity contribution in [1.82, 2.24) is 0 Å². The molecule has 2 rings (SSSR count). The van der Waals surface area contributed by atoms with Crippen molar-refractivity contribution in [2.75, 3.05) is 6.54 Å². The van der Waals surface area contributed by atoms with Gasteiger partial charge in [-0.15, -0.1) is 0 Å². The van der Waals surface area contributed by atoms with Crippen molar-refractivity contribution in [1.29, 1.82) is 0 Å². The van der Waals surface area contributed by atoms with Crippen LogP contribution in [0.15, 0.2) is 23.3 Å². The zero-order valence-corrected chi connectivity index (χ0v) is 7.97. The Morgan fingerprint density at radius 3 is 3.21 bits per heavy atom. The van der Waals surface area contributed by atoms with E-state index in [1.54, 1.807) is 0 Å². The maximum absolute atomic E-state index is 8.20. The molecule has 1 aromatic carbocycles. The van der Waals surface area contributed by atoms with E-state index < -0.39 is 0 Å². The number of rotatable bonds is 2. The minimum Gasteiger partial charge on any atom is -0.489 e. The van der Waals surface area contributed by atoms with Crippen LogP contribution in [0, 0.1) is 6.92 Å². The van der Waals surface area contributed by atoms with Crippen molar-refractivity contribution < 1.29 is 4.74 Å². The lowest BCUT2D eigenvalue weighted by Gasteiger charge is -2.07. The van der Waals surface area contributed by atoms with Crippen LogP contribution >= 0.6 is 0 Å². The highest BCUT2D eigenvalue weighted by Gasteiger charge is 2.22. The molecule has 0 saturated carbocycles. The Morgan fingerprint density at radius 1 is 1.64 bits per heavy atom. The molecule has 4 nitrogen and oxygen atoms in total. The molecule has 0 unspecified atom stereocenters. The van der Waals surface area contributed by atoms with Gasteiger partial charge in [0.15, 0.2) is 0 Å². The minimum absolute atomic E-state index is 0.0157. The van der Waals surface area contributed by atoms with Crippen LogP contribution < -0.4 is 4.74 Å². The Balaban J connectivity index is 2.17. The van der Waals surface area contributed by atoms with Crippen molar-refractivity contribution in [3.8, 4) is 5.75 Å². The predicted molar refractivity (Wildman–Crippen MR) is 53.3 cm³/mol. The zero-order chi connectivity index (χ0) is 9.97. The van der Waals surface area contributed by atoms with Gasteiger partial charge in [0.2, 0.25) is 0 Å². The van der Waals surface area contributed by atoms with Gasteiger partial charge in [0.1, 0.15) is 11.9 Å². The quantitative estimate of drug-likeness (QED) is 0.400. The number of azide groups is 1. The number of hydrogen-bond acceptors (Lipinski definition) is 2. The summed E-state index contributed by atoms with van der Waals surface area (Å²) in [6.07, 6.45) is 0.859. The SMILES string of the molecule is Cc1cccc2c1O[C@H](CN=[N+]=[N-])C2. The maximum Gasteiger partial charge on any atom is 0.125 e. The number of aryl methyl sites for hydroxylation is 1. The van der Waals surface area contributed by atoms with E-state index in [-0.39, 0.29) is 6.10 Å². The van der Waals surface area contributed by atoms with Gasteiger partial charge in [-0.1, -0.05) is 23.3 Å². The molecule has 0 bridgehead atoms. The summed E-state index contributed by atoms with van der Waals surface area (Å²) in [5, 5.41) is 3.52. The highest BCUT2D eigenvalue weighted by Crippen LogP contribution is 2.31. The first-order valence-corrected chi connectivity index (χ1v) is 4.57. The van der Waals surface area contributed by atoms with Crippen molar-refractivity contribution in [2.24, 2.45) is 5.11 Å². The summed E-state index contributed by atoms with van der Waals surface area (Å²) in [5.41, 5.74) is 10.6. The second-order valence-electron chi connectivity index (χ2n) is 3.42. The smallest absolute Gasteiger partial charge is 0.125 e. The molecule has 0 fully saturated rings. The van der Waals surface area contributed by atoms with Crippen LogP contribution in [0.5, 0.6) is 5.75 Å². The Labute approximate surface area is 82.1 Å². The molecule has 0 radical (unpaired) electrons. The first-order valence-electron chi connectivity index (χ1n) is 4.57. The standard InChI is InChI=1S/C10H11N3O/c1-7-3-2-4-8-5-9(6-12-13-11)14-10(7)8/h2-4,9H,5-6H2,1H3/t9-/m0/s1. The van der Waals surface area contributed by atoms with Crippen LogP contribution in [0.4, 0.5) is 0 Å². The van der Waals surface area contributed by atoms with E-state index in [1.165, 1.54) is 5.56 Å². The molecule has 1 aliphatic rings. The summed E-state index contributed by atoms with van der Waals surface area (Å²) in [6.45, 7) is 2.43. The Bertz CT molecular complexity index is 396. The van der Waals surface area contributed by atoms with Gasteiger partial charge in [-0.05, 0) is 23.6 Å². The zero-order valence-electron chi connectivity index (χ0n) is 7.97. The minimum atomic E-state index is 0.0157. The average Bonchev–Trinajstić information content (AvgIpc) is 2.59. The van der Waals surface area contributed by atoms with Gasteiger partial charge in [-0.2, -0.15) is 0 Å². The molecule has 0 aromatic heterocycles. The molecule has 4 heteroatoms. The first kappa shape index (κ1) is 8.91. The summed E-state index contributed by atoms with van der Waals surface area (Å²) in [4.78, 5) is 2.73. The topological polar surface area (TPSA) is 58.0 Å². The summed E-state index contributed by atoms with van der Waals surface area (Å²) >= 11 is 0. The molecule has 0 amide bonds. The number of nitrogens with zero attached hydrogens (tertiary/aromatic N) is 3. The molecule has 72 valence electrons. The van der Waals surface area contributed by atoms with Gasteiger partial charge in [-0.3, -0.25) is 0 Å². The van der Waals surface area contributed by atoms with Crippen molar-refractivity contribution >= 4 is 0 Å². The number of fused-ring (bicyclic) bond motifs is 1. The lowest BCUT2D eigenvalue weighted by Crippen LogP contribution is -2.16. The van der Waals surface area contributed by atoms with Gasteiger partial charge in [0.05, 0.1) is 6.54 Å². The van der Waals surface area contributed by atoms with Crippen LogP contribution in [0.3, 0.4) is 0 Å². The molecule has 0 aliphatic carbocycles. The normalized spacial score (nSPS) is 18.2. The van der Waals surface area contributed by atoms with Gasteiger partial charge in [-0.25, -0.2) is 0 Å². The van der Waals surface area contributed by atoms with Gasteiger partial charge in [0.25, 0.3) is 0 Å². The van der Waals surface area contributed by atoms with E-state index in [0.717, 1.165) is 17.7 Å². The Kier molecular flexibility index (Phi) is 2.29. The third kappa shape index (κ3) is 1.52. The fourth-order valence-electron chi connectivity index (χ4n) is 1.73. The van der Waals surface area contributed by atoms with E-state index in [2.05, 4.69) is 16.1 Å². The first-order chi connectivity index (χ1) is 6.81. The second kappa shape index (κ2) is 3.60. The molecule has 1 aromatic rings. The van der Waals surface area contributed by atoms with Crippen LogP contribution in [0.1, 0.15) is 11.1 Å². The summed E-state index contributed by atoms with van der Waals surface area (Å²) < 4.78 is 5.67. The predicted octanol–water partition coefficient (Wildman–Crippen LogP) is 2.61. The van der Waals surface area contributed by atoms with E-state index in [9.17, 15) is 0 Å². The molecular weight excluding hydrogens is 178 g/mol. The number of para-hydroxylation sites is 1. The number of hydrogen-bond donors (Lipinski definition) is 0. The fourth-order valence-corrected chi connectivity index (χ4v) is 1.73. The lowest BCUT2D eigenvalue weighted by atomic mass is 10.1. The van der Waals surface area contributed by atoms with Crippen LogP contribution in [0.2, 0.25) is 0 Å². The second-order valence-corrected chi connectivity index (χ2v) is 3.42. The molecule has 0 spiro atoms. The van der Waals surface area contributed by atoms with E-state index in [0.29, 0.717) is 6.54 Å². The largest absolute Gasteiger partial charge is 0.489 e. The van der Waals surface area contributed by atoms with Crippen molar-refractivity contribution in [2.45, 2.75) is 19.4 Å². The van der Waals surface area contributed by atoms with Crippen LogP contribution in [0.25, 0.3) is 10.4 Å². The van der Waals surface area contributed by atoms with Crippen LogP contribution in [-0.4, -0.2) is 12.6 Å².